The predicted molar refractivity (Wildman–Crippen MR) is 125 cm³/mol. The van der Waals surface area contributed by atoms with Crippen LogP contribution in [0, 0.1) is 0 Å². The third-order valence-electron chi connectivity index (χ3n) is 5.70. The fourth-order valence-corrected chi connectivity index (χ4v) is 3.94. The summed E-state index contributed by atoms with van der Waals surface area (Å²) in [6, 6.07) is 28.4. The topological polar surface area (TPSA) is 53.4 Å². The van der Waals surface area contributed by atoms with Crippen molar-refractivity contribution < 1.29 is 9.47 Å². The van der Waals surface area contributed by atoms with Gasteiger partial charge < -0.3 is 9.47 Å². The van der Waals surface area contributed by atoms with Crippen LogP contribution < -0.4 is 15.0 Å². The lowest BCUT2D eigenvalue weighted by Crippen LogP contribution is -2.23. The minimum Gasteiger partial charge on any atom is -0.490 e. The highest BCUT2D eigenvalue weighted by Crippen LogP contribution is 2.28. The van der Waals surface area contributed by atoms with E-state index in [9.17, 15) is 4.79 Å². The van der Waals surface area contributed by atoms with Crippen LogP contribution >= 0.6 is 0 Å². The number of nitrogens with zero attached hydrogens (tertiary/aromatic N) is 2. The molecule has 0 spiro atoms. The Hall–Kier alpha value is -3.86. The lowest BCUT2D eigenvalue weighted by molar-refractivity contribution is 0.143. The Balaban J connectivity index is 1.26. The molecular formula is C27H24N2O3. The largest absolute Gasteiger partial charge is 0.490 e. The minimum atomic E-state index is -0.306. The second-order valence-electron chi connectivity index (χ2n) is 7.86. The lowest BCUT2D eigenvalue weighted by Gasteiger charge is -2.12. The lowest BCUT2D eigenvalue weighted by atomic mass is 10.0. The molecule has 2 heterocycles. The molecule has 0 saturated carbocycles. The smallest absolute Gasteiger partial charge is 0.300 e. The Morgan fingerprint density at radius 3 is 2.31 bits per heavy atom. The minimum absolute atomic E-state index is 0.215. The third-order valence-corrected chi connectivity index (χ3v) is 5.70. The van der Waals surface area contributed by atoms with Gasteiger partial charge in [0.25, 0.3) is 5.56 Å². The summed E-state index contributed by atoms with van der Waals surface area (Å²) >= 11 is 0. The Bertz CT molecular complexity index is 1260. The molecule has 1 atom stereocenters. The van der Waals surface area contributed by atoms with Crippen LogP contribution in [0.5, 0.6) is 11.8 Å². The number of hydrogen-bond acceptors (Lipinski definition) is 4. The summed E-state index contributed by atoms with van der Waals surface area (Å²) < 4.78 is 13.8. The van der Waals surface area contributed by atoms with Crippen molar-refractivity contribution in [1.29, 1.82) is 0 Å². The number of aryl methyl sites for hydroxylation is 1. The van der Waals surface area contributed by atoms with Gasteiger partial charge in [-0.15, -0.1) is 0 Å². The molecule has 0 radical (unpaired) electrons. The highest BCUT2D eigenvalue weighted by molar-refractivity contribution is 5.64. The van der Waals surface area contributed by atoms with E-state index in [4.69, 9.17) is 9.47 Å². The molecule has 1 aliphatic heterocycles. The molecule has 0 bridgehead atoms. The molecule has 0 saturated heterocycles. The van der Waals surface area contributed by atoms with Gasteiger partial charge in [0.05, 0.1) is 12.2 Å². The van der Waals surface area contributed by atoms with Crippen molar-refractivity contribution in [3.8, 4) is 34.1 Å². The normalized spacial score (nSPS) is 14.6. The van der Waals surface area contributed by atoms with E-state index in [0.29, 0.717) is 19.2 Å². The molecule has 5 rings (SSSR count). The number of hydrogen-bond donors (Lipinski definition) is 0. The maximum atomic E-state index is 12.1. The molecule has 160 valence electrons. The first-order chi connectivity index (χ1) is 15.7. The predicted octanol–water partition coefficient (Wildman–Crippen LogP) is 4.98. The summed E-state index contributed by atoms with van der Waals surface area (Å²) in [5.74, 6) is 0.782. The molecule has 32 heavy (non-hydrogen) atoms. The van der Waals surface area contributed by atoms with E-state index in [0.717, 1.165) is 29.0 Å². The van der Waals surface area contributed by atoms with E-state index >= 15 is 0 Å². The van der Waals surface area contributed by atoms with Gasteiger partial charge in [-0.2, -0.15) is 4.98 Å². The van der Waals surface area contributed by atoms with Crippen LogP contribution in [-0.2, 0) is 13.0 Å². The maximum Gasteiger partial charge on any atom is 0.300 e. The highest BCUT2D eigenvalue weighted by Gasteiger charge is 2.27. The molecule has 0 fully saturated rings. The summed E-state index contributed by atoms with van der Waals surface area (Å²) in [7, 11) is 0. The van der Waals surface area contributed by atoms with E-state index < -0.39 is 0 Å². The SMILES string of the molecule is CCc1ccc(-c2ccc(OC[C@@H]3Cn4c(-c5ccccc5)cc(=O)nc4O3)cc2)cc1. The van der Waals surface area contributed by atoms with Crippen LogP contribution in [0.1, 0.15) is 12.5 Å². The quantitative estimate of drug-likeness (QED) is 0.438. The standard InChI is InChI=1S/C27H24N2O3/c1-2-19-8-10-20(11-9-19)21-12-14-23(15-13-21)31-18-24-17-29-25(22-6-4-3-5-7-22)16-26(30)28-27(29)32-24/h3-16,24H,2,17-18H2,1H3/t24-/m0/s1. The summed E-state index contributed by atoms with van der Waals surface area (Å²) in [4.78, 5) is 16.1. The fourth-order valence-electron chi connectivity index (χ4n) is 3.94. The van der Waals surface area contributed by atoms with Crippen LogP contribution in [0.2, 0.25) is 0 Å². The molecule has 4 aromatic rings. The molecule has 0 N–H and O–H groups in total. The Labute approximate surface area is 186 Å². The van der Waals surface area contributed by atoms with Gasteiger partial charge in [-0.1, -0.05) is 73.7 Å². The Kier molecular flexibility index (Phi) is 5.46. The van der Waals surface area contributed by atoms with Crippen molar-refractivity contribution in [3.05, 3.63) is 101 Å². The molecular weight excluding hydrogens is 400 g/mol. The molecule has 0 unspecified atom stereocenters. The van der Waals surface area contributed by atoms with Crippen molar-refractivity contribution in [2.75, 3.05) is 6.61 Å². The van der Waals surface area contributed by atoms with E-state index in [1.165, 1.54) is 11.1 Å². The molecule has 0 aliphatic carbocycles. The molecule has 1 aromatic heterocycles. The Morgan fingerprint density at radius 1 is 0.938 bits per heavy atom. The highest BCUT2D eigenvalue weighted by atomic mass is 16.6. The van der Waals surface area contributed by atoms with Crippen molar-refractivity contribution in [3.63, 3.8) is 0 Å². The van der Waals surface area contributed by atoms with Crippen LogP contribution in [0.3, 0.4) is 0 Å². The maximum absolute atomic E-state index is 12.1. The third kappa shape index (κ3) is 4.14. The summed E-state index contributed by atoms with van der Waals surface area (Å²) in [6.45, 7) is 3.11. The monoisotopic (exact) mass is 424 g/mol. The summed E-state index contributed by atoms with van der Waals surface area (Å²) in [5, 5.41) is 0. The van der Waals surface area contributed by atoms with Crippen molar-refractivity contribution >= 4 is 0 Å². The van der Waals surface area contributed by atoms with Gasteiger partial charge >= 0.3 is 6.01 Å². The number of rotatable bonds is 6. The second-order valence-corrected chi connectivity index (χ2v) is 7.86. The van der Waals surface area contributed by atoms with Crippen LogP contribution in [0.4, 0.5) is 0 Å². The zero-order valence-corrected chi connectivity index (χ0v) is 17.9. The first-order valence-corrected chi connectivity index (χ1v) is 10.9. The van der Waals surface area contributed by atoms with E-state index in [1.807, 2.05) is 47.0 Å². The van der Waals surface area contributed by atoms with Gasteiger partial charge in [-0.25, -0.2) is 0 Å². The molecule has 0 amide bonds. The van der Waals surface area contributed by atoms with Gasteiger partial charge in [-0.05, 0) is 40.8 Å². The average molecular weight is 425 g/mol. The molecule has 1 aliphatic rings. The van der Waals surface area contributed by atoms with Crippen LogP contribution in [-0.4, -0.2) is 22.3 Å². The van der Waals surface area contributed by atoms with Crippen molar-refractivity contribution in [1.82, 2.24) is 9.55 Å². The molecule has 5 heteroatoms. The van der Waals surface area contributed by atoms with E-state index in [-0.39, 0.29) is 11.7 Å². The number of benzene rings is 3. The summed E-state index contributed by atoms with van der Waals surface area (Å²) in [5.41, 5.74) is 5.13. The number of ether oxygens (including phenoxy) is 2. The van der Waals surface area contributed by atoms with Crippen molar-refractivity contribution in [2.45, 2.75) is 26.0 Å². The van der Waals surface area contributed by atoms with E-state index in [1.54, 1.807) is 6.07 Å². The average Bonchev–Trinajstić information content (AvgIpc) is 3.26. The zero-order valence-electron chi connectivity index (χ0n) is 17.9. The fraction of sp³-hybridized carbons (Fsp3) is 0.185. The van der Waals surface area contributed by atoms with Gasteiger partial charge in [0.1, 0.15) is 12.4 Å². The molecule has 3 aromatic carbocycles. The van der Waals surface area contributed by atoms with Crippen LogP contribution in [0.25, 0.3) is 22.4 Å². The van der Waals surface area contributed by atoms with Gasteiger partial charge in [0.15, 0.2) is 6.10 Å². The Morgan fingerprint density at radius 2 is 1.62 bits per heavy atom. The first kappa shape index (κ1) is 20.1. The van der Waals surface area contributed by atoms with Gasteiger partial charge in [-0.3, -0.25) is 9.36 Å². The second kappa shape index (κ2) is 8.71. The first-order valence-electron chi connectivity index (χ1n) is 10.9. The zero-order chi connectivity index (χ0) is 21.9. The van der Waals surface area contributed by atoms with Crippen molar-refractivity contribution in [2.24, 2.45) is 0 Å². The number of aromatic nitrogens is 2. The molecule has 5 nitrogen and oxygen atoms in total. The van der Waals surface area contributed by atoms with Crippen LogP contribution in [0.15, 0.2) is 89.7 Å². The summed E-state index contributed by atoms with van der Waals surface area (Å²) in [6.07, 6.45) is 0.824. The van der Waals surface area contributed by atoms with Gasteiger partial charge in [0.2, 0.25) is 0 Å². The van der Waals surface area contributed by atoms with Gasteiger partial charge in [0, 0.05) is 6.07 Å². The van der Waals surface area contributed by atoms with E-state index in [2.05, 4.69) is 48.3 Å². The number of fused-ring (bicyclic) bond motifs is 1.